The number of amides is 1. The predicted octanol–water partition coefficient (Wildman–Crippen LogP) is 5.62. The van der Waals surface area contributed by atoms with Crippen LogP contribution in [0.3, 0.4) is 0 Å². The summed E-state index contributed by atoms with van der Waals surface area (Å²) < 4.78 is 16.6. The van der Waals surface area contributed by atoms with Crippen LogP contribution in [0.25, 0.3) is 10.8 Å². The van der Waals surface area contributed by atoms with E-state index in [0.29, 0.717) is 47.2 Å². The van der Waals surface area contributed by atoms with Crippen molar-refractivity contribution in [3.8, 4) is 17.2 Å². The van der Waals surface area contributed by atoms with E-state index in [1.165, 1.54) is 6.21 Å². The van der Waals surface area contributed by atoms with Crippen LogP contribution in [0.1, 0.15) is 40.1 Å². The molecule has 0 aliphatic carbocycles. The second-order valence-corrected chi connectivity index (χ2v) is 7.70. The molecule has 0 atom stereocenters. The van der Waals surface area contributed by atoms with Crippen LogP contribution in [0.2, 0.25) is 0 Å². The maximum atomic E-state index is 12.8. The molecule has 4 rings (SSSR count). The van der Waals surface area contributed by atoms with Crippen LogP contribution in [0.5, 0.6) is 17.2 Å². The zero-order chi connectivity index (χ0) is 25.3. The number of esters is 1. The van der Waals surface area contributed by atoms with Gasteiger partial charge in [-0.25, -0.2) is 10.2 Å². The lowest BCUT2D eigenvalue weighted by atomic mass is 10.0. The number of rotatable bonds is 9. The van der Waals surface area contributed by atoms with Gasteiger partial charge in [0.15, 0.2) is 0 Å². The van der Waals surface area contributed by atoms with Crippen molar-refractivity contribution in [1.82, 2.24) is 5.43 Å². The molecule has 0 unspecified atom stereocenters. The van der Waals surface area contributed by atoms with E-state index in [4.69, 9.17) is 14.2 Å². The fraction of sp³-hybridized carbons (Fsp3) is 0.138. The minimum absolute atomic E-state index is 0.326. The zero-order valence-corrected chi connectivity index (χ0v) is 20.1. The van der Waals surface area contributed by atoms with Gasteiger partial charge in [0.1, 0.15) is 17.2 Å². The first kappa shape index (κ1) is 24.5. The molecule has 0 bridgehead atoms. The number of nitrogens with zero attached hydrogens (tertiary/aromatic N) is 1. The number of hydrogen-bond donors (Lipinski definition) is 1. The molecular formula is C29H26N2O5. The molecule has 36 heavy (non-hydrogen) atoms. The van der Waals surface area contributed by atoms with E-state index in [-0.39, 0.29) is 5.91 Å². The van der Waals surface area contributed by atoms with Gasteiger partial charge in [0, 0.05) is 11.1 Å². The Kier molecular flexibility index (Phi) is 7.93. The lowest BCUT2D eigenvalue weighted by molar-refractivity contribution is 0.0734. The minimum Gasteiger partial charge on any atom is -0.494 e. The molecule has 0 spiro atoms. The Bertz CT molecular complexity index is 1380. The molecule has 4 aromatic carbocycles. The van der Waals surface area contributed by atoms with E-state index < -0.39 is 5.97 Å². The number of benzene rings is 4. The van der Waals surface area contributed by atoms with Crippen LogP contribution in [-0.4, -0.2) is 31.3 Å². The number of carbonyl (C=O) groups is 2. The van der Waals surface area contributed by atoms with Crippen molar-refractivity contribution in [3.05, 3.63) is 102 Å². The van der Waals surface area contributed by atoms with Gasteiger partial charge in [-0.05, 0) is 79.2 Å². The van der Waals surface area contributed by atoms with Gasteiger partial charge in [-0.2, -0.15) is 5.10 Å². The lowest BCUT2D eigenvalue weighted by Gasteiger charge is -2.11. The Morgan fingerprint density at radius 2 is 1.39 bits per heavy atom. The number of hydrogen-bond acceptors (Lipinski definition) is 6. The maximum absolute atomic E-state index is 12.8. The quantitative estimate of drug-likeness (QED) is 0.145. The molecule has 7 heteroatoms. The molecular weight excluding hydrogens is 456 g/mol. The highest BCUT2D eigenvalue weighted by Gasteiger charge is 2.14. The van der Waals surface area contributed by atoms with Crippen LogP contribution in [0.15, 0.2) is 90.0 Å². The van der Waals surface area contributed by atoms with E-state index in [1.54, 1.807) is 54.6 Å². The van der Waals surface area contributed by atoms with E-state index in [2.05, 4.69) is 10.5 Å². The van der Waals surface area contributed by atoms with Crippen molar-refractivity contribution >= 4 is 28.9 Å². The van der Waals surface area contributed by atoms with Crippen LogP contribution in [-0.2, 0) is 0 Å². The zero-order valence-electron chi connectivity index (χ0n) is 20.1. The third-order valence-corrected chi connectivity index (χ3v) is 5.32. The Balaban J connectivity index is 1.55. The Hall–Kier alpha value is -4.65. The molecule has 0 aliphatic rings. The van der Waals surface area contributed by atoms with Crippen LogP contribution in [0.4, 0.5) is 0 Å². The fourth-order valence-electron chi connectivity index (χ4n) is 3.60. The highest BCUT2D eigenvalue weighted by molar-refractivity contribution is 6.04. The normalized spacial score (nSPS) is 10.8. The molecule has 182 valence electrons. The number of hydrazone groups is 1. The van der Waals surface area contributed by atoms with Crippen molar-refractivity contribution < 1.29 is 23.8 Å². The average molecular weight is 483 g/mol. The minimum atomic E-state index is -0.513. The Morgan fingerprint density at radius 3 is 2.03 bits per heavy atom. The third-order valence-electron chi connectivity index (χ3n) is 5.32. The first-order chi connectivity index (χ1) is 17.6. The van der Waals surface area contributed by atoms with Crippen molar-refractivity contribution in [1.29, 1.82) is 0 Å². The largest absolute Gasteiger partial charge is 0.494 e. The summed E-state index contributed by atoms with van der Waals surface area (Å²) in [4.78, 5) is 25.4. The molecule has 1 N–H and O–H groups in total. The third kappa shape index (κ3) is 5.88. The van der Waals surface area contributed by atoms with Crippen molar-refractivity contribution in [3.63, 3.8) is 0 Å². The van der Waals surface area contributed by atoms with Gasteiger partial charge >= 0.3 is 5.97 Å². The molecule has 0 saturated heterocycles. The van der Waals surface area contributed by atoms with Crippen molar-refractivity contribution in [2.75, 3.05) is 13.2 Å². The highest BCUT2D eigenvalue weighted by Crippen LogP contribution is 2.27. The number of ether oxygens (including phenoxy) is 3. The van der Waals surface area contributed by atoms with Gasteiger partial charge in [-0.1, -0.05) is 30.3 Å². The monoisotopic (exact) mass is 482 g/mol. The van der Waals surface area contributed by atoms with Gasteiger partial charge < -0.3 is 14.2 Å². The molecule has 0 aromatic heterocycles. The van der Waals surface area contributed by atoms with Gasteiger partial charge in [0.25, 0.3) is 5.91 Å². The van der Waals surface area contributed by atoms with Gasteiger partial charge in [0.2, 0.25) is 0 Å². The first-order valence-electron chi connectivity index (χ1n) is 11.6. The van der Waals surface area contributed by atoms with Gasteiger partial charge in [-0.15, -0.1) is 0 Å². The number of nitrogens with one attached hydrogen (secondary N) is 1. The van der Waals surface area contributed by atoms with Crippen molar-refractivity contribution in [2.24, 2.45) is 5.10 Å². The highest BCUT2D eigenvalue weighted by atomic mass is 16.5. The molecule has 0 radical (unpaired) electrons. The summed E-state index contributed by atoms with van der Waals surface area (Å²) in [5, 5.41) is 5.91. The summed E-state index contributed by atoms with van der Waals surface area (Å²) >= 11 is 0. The van der Waals surface area contributed by atoms with E-state index in [0.717, 1.165) is 10.8 Å². The summed E-state index contributed by atoms with van der Waals surface area (Å²) in [7, 11) is 0. The van der Waals surface area contributed by atoms with Crippen molar-refractivity contribution in [2.45, 2.75) is 13.8 Å². The SMILES string of the molecule is CCOc1ccc(C(=O)N/N=C/c2c(OC(=O)c3ccc(OCC)cc3)ccc3ccccc23)cc1. The first-order valence-corrected chi connectivity index (χ1v) is 11.6. The number of carbonyl (C=O) groups excluding carboxylic acids is 2. The van der Waals surface area contributed by atoms with E-state index in [1.807, 2.05) is 44.2 Å². The molecule has 1 amide bonds. The summed E-state index contributed by atoms with van der Waals surface area (Å²) in [6.07, 6.45) is 1.48. The predicted molar refractivity (Wildman–Crippen MR) is 139 cm³/mol. The average Bonchev–Trinajstić information content (AvgIpc) is 2.91. The molecule has 0 fully saturated rings. The molecule has 0 saturated carbocycles. The maximum Gasteiger partial charge on any atom is 0.343 e. The van der Waals surface area contributed by atoms with E-state index in [9.17, 15) is 9.59 Å². The molecule has 4 aromatic rings. The fourth-order valence-corrected chi connectivity index (χ4v) is 3.60. The summed E-state index contributed by atoms with van der Waals surface area (Å²) in [5.74, 6) is 0.804. The standard InChI is InChI=1S/C29H26N2O5/c1-3-34-23-14-9-21(10-15-23)28(32)31-30-19-26-25-8-6-5-7-20(25)13-18-27(26)36-29(33)22-11-16-24(17-12-22)35-4-2/h5-19H,3-4H2,1-2H3,(H,31,32)/b30-19+. The van der Waals surface area contributed by atoms with Crippen LogP contribution >= 0.6 is 0 Å². The molecule has 0 heterocycles. The summed E-state index contributed by atoms with van der Waals surface area (Å²) in [6, 6.07) is 24.8. The molecule has 7 nitrogen and oxygen atoms in total. The van der Waals surface area contributed by atoms with Gasteiger partial charge in [0.05, 0.1) is 25.0 Å². The second-order valence-electron chi connectivity index (χ2n) is 7.70. The second kappa shape index (κ2) is 11.7. The van der Waals surface area contributed by atoms with Crippen LogP contribution < -0.4 is 19.6 Å². The topological polar surface area (TPSA) is 86.2 Å². The smallest absolute Gasteiger partial charge is 0.343 e. The summed E-state index contributed by atoms with van der Waals surface area (Å²) in [5.41, 5.74) is 3.93. The lowest BCUT2D eigenvalue weighted by Crippen LogP contribution is -2.17. The Labute approximate surface area is 209 Å². The number of fused-ring (bicyclic) bond motifs is 1. The van der Waals surface area contributed by atoms with E-state index >= 15 is 0 Å². The van der Waals surface area contributed by atoms with Gasteiger partial charge in [-0.3, -0.25) is 4.79 Å². The molecule has 0 aliphatic heterocycles. The van der Waals surface area contributed by atoms with Crippen LogP contribution in [0, 0.1) is 0 Å². The Morgan fingerprint density at radius 1 is 0.778 bits per heavy atom. The summed E-state index contributed by atoms with van der Waals surface area (Å²) in [6.45, 7) is 4.88.